The van der Waals surface area contributed by atoms with E-state index in [9.17, 15) is 4.79 Å². The predicted molar refractivity (Wildman–Crippen MR) is 69.9 cm³/mol. The number of hydrogen-bond acceptors (Lipinski definition) is 2. The Labute approximate surface area is 111 Å². The molecule has 0 radical (unpaired) electrons. The maximum absolute atomic E-state index is 11.5. The molecule has 0 fully saturated rings. The molecule has 0 N–H and O–H groups in total. The van der Waals surface area contributed by atoms with E-state index in [2.05, 4.69) is 0 Å². The Morgan fingerprint density at radius 1 is 1.47 bits per heavy atom. The highest BCUT2D eigenvalue weighted by molar-refractivity contribution is 6.32. The second-order valence-corrected chi connectivity index (χ2v) is 4.72. The number of rotatable bonds is 5. The van der Waals surface area contributed by atoms with Gasteiger partial charge < -0.3 is 9.64 Å². The van der Waals surface area contributed by atoms with Gasteiger partial charge >= 0.3 is 0 Å². The van der Waals surface area contributed by atoms with Gasteiger partial charge in [-0.2, -0.15) is 0 Å². The van der Waals surface area contributed by atoms with E-state index >= 15 is 0 Å². The molecular weight excluding hydrogens is 261 g/mol. The van der Waals surface area contributed by atoms with Gasteiger partial charge in [-0.15, -0.1) is 11.6 Å². The summed E-state index contributed by atoms with van der Waals surface area (Å²) in [7, 11) is 1.69. The van der Waals surface area contributed by atoms with E-state index in [0.29, 0.717) is 23.9 Å². The maximum atomic E-state index is 11.5. The van der Waals surface area contributed by atoms with Gasteiger partial charge in [0.2, 0.25) is 5.91 Å². The minimum atomic E-state index is -0.514. The zero-order valence-corrected chi connectivity index (χ0v) is 11.3. The van der Waals surface area contributed by atoms with Crippen LogP contribution in [0.1, 0.15) is 6.92 Å². The van der Waals surface area contributed by atoms with Crippen LogP contribution in [0.25, 0.3) is 0 Å². The van der Waals surface area contributed by atoms with Crippen molar-refractivity contribution in [3.63, 3.8) is 0 Å². The summed E-state index contributed by atoms with van der Waals surface area (Å²) in [4.78, 5) is 13.0. The Kier molecular flexibility index (Phi) is 5.59. The topological polar surface area (TPSA) is 29.5 Å². The molecule has 3 nitrogen and oxygen atoms in total. The number of carbonyl (C=O) groups excluding carboxylic acids is 1. The SMILES string of the molecule is CC(Cl)C(=O)N(C)CCOc1ccccc1Cl. The lowest BCUT2D eigenvalue weighted by Gasteiger charge is -2.18. The quantitative estimate of drug-likeness (QED) is 0.774. The van der Waals surface area contributed by atoms with Gasteiger partial charge in [-0.1, -0.05) is 23.7 Å². The number of carbonyl (C=O) groups is 1. The third-order valence-corrected chi connectivity index (χ3v) is 2.74. The number of amides is 1. The molecule has 94 valence electrons. The van der Waals surface area contributed by atoms with Gasteiger partial charge in [0.15, 0.2) is 0 Å². The summed E-state index contributed by atoms with van der Waals surface area (Å²) in [5.74, 6) is 0.503. The van der Waals surface area contributed by atoms with Gasteiger partial charge in [0.25, 0.3) is 0 Å². The first-order valence-electron chi connectivity index (χ1n) is 5.28. The molecule has 0 aliphatic heterocycles. The summed E-state index contributed by atoms with van der Waals surface area (Å²) in [6.45, 7) is 2.51. The van der Waals surface area contributed by atoms with Gasteiger partial charge in [0.05, 0.1) is 11.6 Å². The molecule has 1 atom stereocenters. The fourth-order valence-electron chi connectivity index (χ4n) is 1.27. The van der Waals surface area contributed by atoms with Crippen LogP contribution in [0.5, 0.6) is 5.75 Å². The molecule has 0 bridgehead atoms. The summed E-state index contributed by atoms with van der Waals surface area (Å²) in [6.07, 6.45) is 0. The molecule has 17 heavy (non-hydrogen) atoms. The third-order valence-electron chi connectivity index (χ3n) is 2.24. The Morgan fingerprint density at radius 3 is 2.71 bits per heavy atom. The molecule has 0 aromatic heterocycles. The van der Waals surface area contributed by atoms with Crippen molar-refractivity contribution in [2.45, 2.75) is 12.3 Å². The predicted octanol–water partition coefficient (Wildman–Crippen LogP) is 2.80. The van der Waals surface area contributed by atoms with E-state index in [1.165, 1.54) is 4.90 Å². The van der Waals surface area contributed by atoms with E-state index in [0.717, 1.165) is 0 Å². The maximum Gasteiger partial charge on any atom is 0.240 e. The van der Waals surface area contributed by atoms with Gasteiger partial charge in [-0.05, 0) is 19.1 Å². The van der Waals surface area contributed by atoms with Crippen LogP contribution in [-0.2, 0) is 4.79 Å². The van der Waals surface area contributed by atoms with Crippen LogP contribution in [0.2, 0.25) is 5.02 Å². The number of para-hydroxylation sites is 1. The number of benzene rings is 1. The fraction of sp³-hybridized carbons (Fsp3) is 0.417. The molecule has 1 aromatic carbocycles. The lowest BCUT2D eigenvalue weighted by Crippen LogP contribution is -2.35. The second kappa shape index (κ2) is 6.72. The Balaban J connectivity index is 2.38. The Hall–Kier alpha value is -0.930. The van der Waals surface area contributed by atoms with Crippen LogP contribution >= 0.6 is 23.2 Å². The largest absolute Gasteiger partial charge is 0.490 e. The molecule has 0 saturated carbocycles. The average molecular weight is 276 g/mol. The zero-order chi connectivity index (χ0) is 12.8. The van der Waals surface area contributed by atoms with Crippen molar-refractivity contribution in [3.05, 3.63) is 29.3 Å². The van der Waals surface area contributed by atoms with Gasteiger partial charge in [0, 0.05) is 7.05 Å². The Bertz CT molecular complexity index is 383. The molecule has 1 aromatic rings. The second-order valence-electron chi connectivity index (χ2n) is 3.65. The van der Waals surface area contributed by atoms with E-state index in [-0.39, 0.29) is 5.91 Å². The molecule has 0 spiro atoms. The number of nitrogens with zero attached hydrogens (tertiary/aromatic N) is 1. The van der Waals surface area contributed by atoms with Crippen LogP contribution in [0.15, 0.2) is 24.3 Å². The van der Waals surface area contributed by atoms with E-state index in [1.807, 2.05) is 12.1 Å². The van der Waals surface area contributed by atoms with Crippen LogP contribution in [0.4, 0.5) is 0 Å². The Morgan fingerprint density at radius 2 is 2.12 bits per heavy atom. The standard InChI is InChI=1S/C12H15Cl2NO2/c1-9(13)12(16)15(2)7-8-17-11-6-4-3-5-10(11)14/h3-6,9H,7-8H2,1-2H3. The first-order valence-corrected chi connectivity index (χ1v) is 6.10. The smallest absolute Gasteiger partial charge is 0.240 e. The molecule has 0 aliphatic rings. The third kappa shape index (κ3) is 4.44. The van der Waals surface area contributed by atoms with Crippen LogP contribution in [-0.4, -0.2) is 36.4 Å². The number of hydrogen-bond donors (Lipinski definition) is 0. The van der Waals surface area contributed by atoms with E-state index in [4.69, 9.17) is 27.9 Å². The number of alkyl halides is 1. The molecule has 1 unspecified atom stereocenters. The van der Waals surface area contributed by atoms with Gasteiger partial charge in [0.1, 0.15) is 17.7 Å². The minimum absolute atomic E-state index is 0.116. The molecule has 1 rings (SSSR count). The summed E-state index contributed by atoms with van der Waals surface area (Å²) in [5.41, 5.74) is 0. The van der Waals surface area contributed by atoms with Crippen molar-refractivity contribution in [3.8, 4) is 5.75 Å². The molecule has 0 saturated heterocycles. The van der Waals surface area contributed by atoms with Crippen molar-refractivity contribution in [1.29, 1.82) is 0 Å². The average Bonchev–Trinajstić information content (AvgIpc) is 2.30. The van der Waals surface area contributed by atoms with Gasteiger partial charge in [-0.3, -0.25) is 4.79 Å². The first-order chi connectivity index (χ1) is 8.02. The van der Waals surface area contributed by atoms with E-state index < -0.39 is 5.38 Å². The van der Waals surface area contributed by atoms with Crippen molar-refractivity contribution < 1.29 is 9.53 Å². The fourth-order valence-corrected chi connectivity index (χ4v) is 1.63. The van der Waals surface area contributed by atoms with Crippen LogP contribution < -0.4 is 4.74 Å². The molecule has 1 amide bonds. The highest BCUT2D eigenvalue weighted by Gasteiger charge is 2.14. The molecule has 5 heteroatoms. The molecule has 0 aliphatic carbocycles. The van der Waals surface area contributed by atoms with Crippen molar-refractivity contribution in [2.75, 3.05) is 20.2 Å². The molecular formula is C12H15Cl2NO2. The lowest BCUT2D eigenvalue weighted by molar-refractivity contribution is -0.129. The number of ether oxygens (including phenoxy) is 1. The van der Waals surface area contributed by atoms with Crippen molar-refractivity contribution in [2.24, 2.45) is 0 Å². The van der Waals surface area contributed by atoms with Crippen LogP contribution in [0, 0.1) is 0 Å². The van der Waals surface area contributed by atoms with Gasteiger partial charge in [-0.25, -0.2) is 0 Å². The van der Waals surface area contributed by atoms with Crippen molar-refractivity contribution >= 4 is 29.1 Å². The summed E-state index contributed by atoms with van der Waals surface area (Å²) < 4.78 is 5.47. The summed E-state index contributed by atoms with van der Waals surface area (Å²) in [5, 5.41) is 0.0486. The number of likely N-dealkylation sites (N-methyl/N-ethyl adjacent to an activating group) is 1. The summed E-state index contributed by atoms with van der Waals surface area (Å²) >= 11 is 11.6. The van der Waals surface area contributed by atoms with Crippen LogP contribution in [0.3, 0.4) is 0 Å². The lowest BCUT2D eigenvalue weighted by atomic mass is 10.3. The molecule has 0 heterocycles. The number of halogens is 2. The zero-order valence-electron chi connectivity index (χ0n) is 9.82. The van der Waals surface area contributed by atoms with E-state index in [1.54, 1.807) is 26.1 Å². The highest BCUT2D eigenvalue weighted by Crippen LogP contribution is 2.22. The first kappa shape index (κ1) is 14.1. The monoisotopic (exact) mass is 275 g/mol. The normalized spacial score (nSPS) is 12.0. The minimum Gasteiger partial charge on any atom is -0.490 e. The summed E-state index contributed by atoms with van der Waals surface area (Å²) in [6, 6.07) is 7.22. The highest BCUT2D eigenvalue weighted by atomic mass is 35.5. The van der Waals surface area contributed by atoms with Crippen molar-refractivity contribution in [1.82, 2.24) is 4.90 Å².